The molecule has 3 fully saturated rings. The largest absolute Gasteiger partial charge is 0.391 e. The summed E-state index contributed by atoms with van der Waals surface area (Å²) in [6, 6.07) is 1.44. The molecule has 3 rings (SSSR count). The quantitative estimate of drug-likeness (QED) is 0.480. The predicted molar refractivity (Wildman–Crippen MR) is 70.4 cm³/mol. The number of aliphatic hydroxyl groups is 1. The Kier molecular flexibility index (Phi) is 3.19. The molecular formula is C12H21INO2+. The molecule has 2 heterocycles. The molecule has 2 aliphatic heterocycles. The van der Waals surface area contributed by atoms with Crippen molar-refractivity contribution in [2.24, 2.45) is 5.92 Å². The van der Waals surface area contributed by atoms with Crippen molar-refractivity contribution in [1.29, 1.82) is 0 Å². The van der Waals surface area contributed by atoms with Crippen molar-refractivity contribution in [2.75, 3.05) is 24.3 Å². The number of ether oxygens (including phenoxy) is 1. The SMILES string of the molecule is OCC[N@+]12CO[C@@H]3CCC[C@H](C[C@@H]1CI)[C@H]32. The molecule has 1 aliphatic carbocycles. The molecule has 2 saturated heterocycles. The van der Waals surface area contributed by atoms with E-state index in [4.69, 9.17) is 4.74 Å². The van der Waals surface area contributed by atoms with Crippen LogP contribution in [-0.4, -0.2) is 52.1 Å². The fourth-order valence-electron chi connectivity index (χ4n) is 4.43. The number of alkyl halides is 1. The van der Waals surface area contributed by atoms with Gasteiger partial charge in [-0.2, -0.15) is 0 Å². The normalized spacial score (nSPS) is 50.6. The van der Waals surface area contributed by atoms with Crippen LogP contribution in [0.1, 0.15) is 25.7 Å². The maximum atomic E-state index is 9.37. The highest BCUT2D eigenvalue weighted by Crippen LogP contribution is 2.49. The zero-order chi connectivity index (χ0) is 11.2. The molecule has 1 saturated carbocycles. The van der Waals surface area contributed by atoms with Gasteiger partial charge in [-0.15, -0.1) is 0 Å². The summed E-state index contributed by atoms with van der Waals surface area (Å²) in [7, 11) is 0. The Bertz CT molecular complexity index is 276. The third-order valence-corrected chi connectivity index (χ3v) is 6.06. The van der Waals surface area contributed by atoms with Crippen LogP contribution in [0.3, 0.4) is 0 Å². The van der Waals surface area contributed by atoms with Gasteiger partial charge in [-0.05, 0) is 12.8 Å². The number of halogens is 1. The Morgan fingerprint density at radius 3 is 3.00 bits per heavy atom. The van der Waals surface area contributed by atoms with Gasteiger partial charge < -0.3 is 9.84 Å². The van der Waals surface area contributed by atoms with Crippen molar-refractivity contribution in [3.8, 4) is 0 Å². The summed E-state index contributed by atoms with van der Waals surface area (Å²) in [5.41, 5.74) is 0. The van der Waals surface area contributed by atoms with E-state index in [1.165, 1.54) is 30.1 Å². The average Bonchev–Trinajstić information content (AvgIpc) is 2.82. The first kappa shape index (κ1) is 11.7. The minimum Gasteiger partial charge on any atom is -0.391 e. The Balaban J connectivity index is 1.92. The molecule has 0 radical (unpaired) electrons. The zero-order valence-corrected chi connectivity index (χ0v) is 11.8. The lowest BCUT2D eigenvalue weighted by atomic mass is 9.83. The van der Waals surface area contributed by atoms with Crippen LogP contribution in [0.4, 0.5) is 0 Å². The molecule has 0 bridgehead atoms. The van der Waals surface area contributed by atoms with E-state index in [9.17, 15) is 5.11 Å². The van der Waals surface area contributed by atoms with E-state index in [0.717, 1.165) is 29.7 Å². The van der Waals surface area contributed by atoms with E-state index in [1.807, 2.05) is 0 Å². The molecule has 4 heteroatoms. The molecule has 5 atom stereocenters. The molecule has 3 nitrogen and oxygen atoms in total. The molecule has 16 heavy (non-hydrogen) atoms. The van der Waals surface area contributed by atoms with E-state index < -0.39 is 0 Å². The van der Waals surface area contributed by atoms with E-state index in [1.54, 1.807) is 0 Å². The number of aliphatic hydroxyl groups excluding tert-OH is 1. The second kappa shape index (κ2) is 4.37. The van der Waals surface area contributed by atoms with Crippen LogP contribution in [0.2, 0.25) is 0 Å². The first-order valence-corrected chi connectivity index (χ1v) is 7.99. The summed E-state index contributed by atoms with van der Waals surface area (Å²) in [6.45, 7) is 2.08. The first-order valence-electron chi connectivity index (χ1n) is 6.46. The van der Waals surface area contributed by atoms with Crippen LogP contribution in [0.5, 0.6) is 0 Å². The number of quaternary nitrogens is 1. The van der Waals surface area contributed by atoms with Gasteiger partial charge in [0.1, 0.15) is 24.7 Å². The molecule has 1 N–H and O–H groups in total. The predicted octanol–water partition coefficient (Wildman–Crippen LogP) is 1.53. The fourth-order valence-corrected chi connectivity index (χ4v) is 5.57. The van der Waals surface area contributed by atoms with Crippen LogP contribution in [0, 0.1) is 5.92 Å². The van der Waals surface area contributed by atoms with Gasteiger partial charge in [-0.3, -0.25) is 4.48 Å². The lowest BCUT2D eigenvalue weighted by Crippen LogP contribution is -2.58. The van der Waals surface area contributed by atoms with E-state index >= 15 is 0 Å². The number of nitrogens with zero attached hydrogens (tertiary/aromatic N) is 1. The average molecular weight is 338 g/mol. The Morgan fingerprint density at radius 1 is 1.38 bits per heavy atom. The highest BCUT2D eigenvalue weighted by Gasteiger charge is 2.62. The zero-order valence-electron chi connectivity index (χ0n) is 9.65. The smallest absolute Gasteiger partial charge is 0.184 e. The van der Waals surface area contributed by atoms with Gasteiger partial charge in [0, 0.05) is 12.3 Å². The number of hydrogen-bond donors (Lipinski definition) is 1. The van der Waals surface area contributed by atoms with Gasteiger partial charge in [0.05, 0.1) is 11.0 Å². The van der Waals surface area contributed by atoms with Crippen LogP contribution in [0.25, 0.3) is 0 Å². The number of hydrogen-bond acceptors (Lipinski definition) is 2. The molecule has 0 aromatic heterocycles. The third-order valence-electron chi connectivity index (χ3n) is 5.05. The van der Waals surface area contributed by atoms with Crippen LogP contribution >= 0.6 is 22.6 Å². The Labute approximate surface area is 111 Å². The molecular weight excluding hydrogens is 317 g/mol. The van der Waals surface area contributed by atoms with Crippen LogP contribution < -0.4 is 0 Å². The second-order valence-electron chi connectivity index (χ2n) is 5.61. The topological polar surface area (TPSA) is 29.5 Å². The summed E-state index contributed by atoms with van der Waals surface area (Å²) in [4.78, 5) is 0. The molecule has 0 unspecified atom stereocenters. The van der Waals surface area contributed by atoms with Crippen molar-refractivity contribution in [3.63, 3.8) is 0 Å². The lowest BCUT2D eigenvalue weighted by molar-refractivity contribution is -0.956. The first-order chi connectivity index (χ1) is 7.81. The summed E-state index contributed by atoms with van der Waals surface area (Å²) in [5, 5.41) is 9.37. The van der Waals surface area contributed by atoms with Crippen LogP contribution in [-0.2, 0) is 4.74 Å². The van der Waals surface area contributed by atoms with Gasteiger partial charge in [0.25, 0.3) is 0 Å². The van der Waals surface area contributed by atoms with E-state index in [-0.39, 0.29) is 0 Å². The van der Waals surface area contributed by atoms with Crippen molar-refractivity contribution in [2.45, 2.75) is 43.9 Å². The molecule has 0 aromatic rings. The third kappa shape index (κ3) is 1.49. The molecule has 0 aromatic carbocycles. The monoisotopic (exact) mass is 338 g/mol. The van der Waals surface area contributed by atoms with Crippen LogP contribution in [0.15, 0.2) is 0 Å². The van der Waals surface area contributed by atoms with Gasteiger partial charge in [-0.1, -0.05) is 29.0 Å². The minimum atomic E-state index is 0.312. The van der Waals surface area contributed by atoms with Gasteiger partial charge in [-0.25, -0.2) is 0 Å². The molecule has 3 aliphatic rings. The fraction of sp³-hybridized carbons (Fsp3) is 1.00. The van der Waals surface area contributed by atoms with Crippen molar-refractivity contribution in [3.05, 3.63) is 0 Å². The molecule has 92 valence electrons. The van der Waals surface area contributed by atoms with Crippen molar-refractivity contribution >= 4 is 22.6 Å². The van der Waals surface area contributed by atoms with E-state index in [0.29, 0.717) is 18.8 Å². The van der Waals surface area contributed by atoms with Crippen molar-refractivity contribution < 1.29 is 14.3 Å². The maximum absolute atomic E-state index is 9.37. The highest BCUT2D eigenvalue weighted by molar-refractivity contribution is 14.1. The summed E-state index contributed by atoms with van der Waals surface area (Å²) in [5.74, 6) is 0.868. The summed E-state index contributed by atoms with van der Waals surface area (Å²) >= 11 is 2.52. The summed E-state index contributed by atoms with van der Waals surface area (Å²) < 4.78 is 8.32. The summed E-state index contributed by atoms with van der Waals surface area (Å²) in [6.07, 6.45) is 5.86. The standard InChI is InChI=1S/C12H21INO2/c13-7-10-6-9-2-1-3-11-12(9)14(10,4-5-15)8-16-11/h9-12,15H,1-8H2/q+1/t9-,10-,11-,12-,14+/m1/s1. The maximum Gasteiger partial charge on any atom is 0.184 e. The van der Waals surface area contributed by atoms with Crippen molar-refractivity contribution in [1.82, 2.24) is 0 Å². The molecule has 0 amide bonds. The highest BCUT2D eigenvalue weighted by atomic mass is 127. The Hall–Kier alpha value is 0.610. The second-order valence-corrected chi connectivity index (χ2v) is 6.49. The Morgan fingerprint density at radius 2 is 2.25 bits per heavy atom. The molecule has 0 spiro atoms. The minimum absolute atomic E-state index is 0.312. The van der Waals surface area contributed by atoms with E-state index in [2.05, 4.69) is 22.6 Å². The van der Waals surface area contributed by atoms with Gasteiger partial charge in [0.15, 0.2) is 6.73 Å². The van der Waals surface area contributed by atoms with Gasteiger partial charge in [0.2, 0.25) is 0 Å². The number of rotatable bonds is 3. The van der Waals surface area contributed by atoms with Gasteiger partial charge >= 0.3 is 0 Å². The lowest BCUT2D eigenvalue weighted by Gasteiger charge is -2.40.